The van der Waals surface area contributed by atoms with Gasteiger partial charge in [-0.1, -0.05) is 102 Å². The van der Waals surface area contributed by atoms with Crippen LogP contribution >= 0.6 is 23.1 Å². The number of hydrogen-bond acceptors (Lipinski definition) is 26. The summed E-state index contributed by atoms with van der Waals surface area (Å²) >= 11 is 2.19. The number of carbonyl (C=O) groups is 17. The molecule has 135 heavy (non-hydrogen) atoms. The number of likely N-dealkylation sites (N-methyl/N-ethyl adjacent to an activating group) is 2. The summed E-state index contributed by atoms with van der Waals surface area (Å²) in [6.07, 6.45) is -0.0824. The fraction of sp³-hybridized carbons (Fsp3) is 0.522. The van der Waals surface area contributed by atoms with Gasteiger partial charge in [-0.3, -0.25) is 81.5 Å². The molecule has 1 unspecified atom stereocenters. The molecule has 7 aromatic rings. The quantitative estimate of drug-likeness (QED) is 0.0331. The number of nitrogens with zero attached hydrogens (tertiary/aromatic N) is 9. The molecule has 15 atom stereocenters. The van der Waals surface area contributed by atoms with Crippen molar-refractivity contribution in [3.05, 3.63) is 125 Å². The lowest BCUT2D eigenvalue weighted by Gasteiger charge is -2.36. The number of unbranched alkanes of at least 4 members (excludes halogenated alkanes) is 2. The van der Waals surface area contributed by atoms with Crippen LogP contribution in [0.25, 0.3) is 21.0 Å². The second kappa shape index (κ2) is 49.1. The van der Waals surface area contributed by atoms with Crippen molar-refractivity contribution in [1.82, 2.24) is 103 Å². The summed E-state index contributed by atoms with van der Waals surface area (Å²) in [5.41, 5.74) is 13.7. The lowest BCUT2D eigenvalue weighted by molar-refractivity contribution is -0.149. The summed E-state index contributed by atoms with van der Waals surface area (Å²) in [7, 11) is 2.73. The van der Waals surface area contributed by atoms with Crippen LogP contribution in [0.15, 0.2) is 96.9 Å². The SMILES string of the molecule is CCCC[C@H]1C(=O)N(C)[C@@H](CCCC)C(=O)N[C@@H](CC(C)C)C(=O)N[C@H](C(=O)CCC(=O)O)CSCC(=O)N[C@@H](Cc2ccc(O)cc2)c2nnnn2[C@@H](C)C(=O)N[C@@H](CC(N)=O)C(=O)N2CCC[C@H]2C(=O)NC(Cc2c[nH]cn2)C(=O)N[C@@H](CCC(N)=O)C(=O)N2C[C@H](O)C[C@H]2C(=O)N[C@@H](Cc2c[nH]c3ccccc23)C(=O)N[C@@H](CO)C(=O)N[C@@H](Cc2csc3ccccc23)C(=O)N1C. The van der Waals surface area contributed by atoms with E-state index < -0.39 is 255 Å². The predicted molar refractivity (Wildman–Crippen MR) is 491 cm³/mol. The second-order valence-electron chi connectivity index (χ2n) is 34.6. The molecule has 3 aromatic carbocycles. The second-order valence-corrected chi connectivity index (χ2v) is 36.5. The number of aliphatic carboxylic acids is 1. The zero-order valence-electron chi connectivity index (χ0n) is 76.2. The number of aliphatic hydroxyl groups excluding tert-OH is 2. The van der Waals surface area contributed by atoms with Crippen molar-refractivity contribution in [2.45, 2.75) is 247 Å². The van der Waals surface area contributed by atoms with Gasteiger partial charge in [0.05, 0.1) is 55.4 Å². The number of H-pyrrole nitrogens is 2. The molecule has 10 rings (SSSR count). The third-order valence-electron chi connectivity index (χ3n) is 24.1. The summed E-state index contributed by atoms with van der Waals surface area (Å²) < 4.78 is 1.83. The number of fused-ring (bicyclic) bond motifs is 5. The number of aromatic hydroxyl groups is 1. The first kappa shape index (κ1) is 104. The number of para-hydroxylation sites is 1. The Bertz CT molecular complexity index is 5400. The van der Waals surface area contributed by atoms with Gasteiger partial charge in [-0.25, -0.2) is 9.67 Å². The molecule has 0 radical (unpaired) electrons. The summed E-state index contributed by atoms with van der Waals surface area (Å²) in [5, 5.41) is 82.1. The van der Waals surface area contributed by atoms with Gasteiger partial charge in [0.2, 0.25) is 88.6 Å². The largest absolute Gasteiger partial charge is 0.508 e. The zero-order valence-corrected chi connectivity index (χ0v) is 77.8. The van der Waals surface area contributed by atoms with Crippen LogP contribution in [-0.4, -0.2) is 299 Å². The Kier molecular flexibility index (Phi) is 37.7. The number of nitrogens with one attached hydrogen (secondary N) is 11. The number of tetrazole rings is 1. The van der Waals surface area contributed by atoms with E-state index in [1.165, 1.54) is 74.0 Å². The molecule has 728 valence electrons. The van der Waals surface area contributed by atoms with Gasteiger partial charge in [0, 0.05) is 106 Å². The number of aromatic nitrogens is 7. The molecular formula is C90H120N22O21S2. The normalized spacial score (nSPS) is 24.6. The van der Waals surface area contributed by atoms with Crippen LogP contribution in [0.4, 0.5) is 0 Å². The number of carboxylic acids is 1. The predicted octanol–water partition coefficient (Wildman–Crippen LogP) is -0.288. The van der Waals surface area contributed by atoms with Crippen molar-refractivity contribution in [1.29, 1.82) is 0 Å². The maximum atomic E-state index is 15.7. The van der Waals surface area contributed by atoms with E-state index in [2.05, 4.69) is 78.3 Å². The first-order valence-electron chi connectivity index (χ1n) is 45.0. The molecule has 45 heteroatoms. The first-order chi connectivity index (χ1) is 64.4. The van der Waals surface area contributed by atoms with Gasteiger partial charge in [-0.2, -0.15) is 0 Å². The number of benzene rings is 3. The van der Waals surface area contributed by atoms with Crippen molar-refractivity contribution in [3.63, 3.8) is 0 Å². The average molecular weight is 1910 g/mol. The fourth-order valence-corrected chi connectivity index (χ4v) is 18.6. The van der Waals surface area contributed by atoms with E-state index in [0.29, 0.717) is 58.7 Å². The minimum atomic E-state index is -1.90. The standard InChI is InChI=1S/C90H120N22O21S2/c1-8-10-20-68-84(127)98-61(33-48(3)4)80(123)104-67(72(116)29-31-77(120)121)45-134-46-76(119)96-60(34-50-24-26-54(114)27-25-50)78-105-106-107-112(78)49(5)79(122)101-65(39-75(92)118)89(132)110-32-16-22-69(110)85(128)100-63(37-53-41-93-47-95-53)82(125)97-59(28-30-74(91)117)88(131)111-42-55(115)38-71(111)86(129)99-62(35-51-40-94-58-19-14-12-17-56(51)58)81(124)103-66(43-113)83(126)102-64(36-52-44-135-73-23-15-13-18-57(52)73)87(130)109(7)70(21-11-9-2)90(133)108(68)6/h12-15,17-19,23-27,40-41,44,47-49,55,59-71,94,113-115H,8-11,16,20-22,28-39,42-43,45-46H2,1-7H3,(H2,91,117)(H2,92,118)(H,93,95)(H,96,119)(H,97,125)(H,98,127)(H,99,129)(H,100,128)(H,101,122)(H,102,126)(H,103,124)(H,104,123)(H,120,121)/t49-,55+,59-,60-,61-,62-,63?,64-,65-,66-,67-,68-,69-,70-,71-/m0/s1. The van der Waals surface area contributed by atoms with E-state index in [4.69, 9.17) is 11.5 Å². The number of thiophene rings is 1. The van der Waals surface area contributed by atoms with Crippen LogP contribution < -0.4 is 59.3 Å². The van der Waals surface area contributed by atoms with Gasteiger partial charge in [0.1, 0.15) is 78.3 Å². The van der Waals surface area contributed by atoms with Crippen LogP contribution in [0.5, 0.6) is 5.75 Å². The summed E-state index contributed by atoms with van der Waals surface area (Å²) in [4.78, 5) is 263. The maximum absolute atomic E-state index is 15.7. The highest BCUT2D eigenvalue weighted by Crippen LogP contribution is 2.31. The number of hydrogen-bond donors (Lipinski definition) is 17. The number of rotatable bonds is 26. The van der Waals surface area contributed by atoms with E-state index in [-0.39, 0.29) is 86.8 Å². The van der Waals surface area contributed by atoms with E-state index >= 15 is 38.4 Å². The number of thioether (sulfide) groups is 1. The Hall–Kier alpha value is -13.3. The summed E-state index contributed by atoms with van der Waals surface area (Å²) in [6.45, 7) is 6.73. The van der Waals surface area contributed by atoms with Crippen molar-refractivity contribution in [2.75, 3.05) is 45.3 Å². The number of carboxylic acid groups (broad SMARTS) is 1. The van der Waals surface area contributed by atoms with Gasteiger partial charge in [-0.15, -0.1) is 28.2 Å². The van der Waals surface area contributed by atoms with Crippen molar-refractivity contribution < 1.29 is 102 Å². The van der Waals surface area contributed by atoms with E-state index in [1.807, 2.05) is 32.0 Å². The van der Waals surface area contributed by atoms with Crippen molar-refractivity contribution >= 4 is 144 Å². The van der Waals surface area contributed by atoms with E-state index in [0.717, 1.165) is 35.8 Å². The van der Waals surface area contributed by atoms with Crippen LogP contribution in [0.1, 0.15) is 171 Å². The molecule has 0 spiro atoms. The molecule has 43 nitrogen and oxygen atoms in total. The monoisotopic (exact) mass is 1910 g/mol. The molecule has 19 N–H and O–H groups in total. The number of phenolic OH excluding ortho intramolecular Hbond substituents is 1. The lowest BCUT2D eigenvalue weighted by atomic mass is 9.99. The van der Waals surface area contributed by atoms with Gasteiger partial charge < -0.3 is 109 Å². The highest BCUT2D eigenvalue weighted by molar-refractivity contribution is 8.00. The van der Waals surface area contributed by atoms with Gasteiger partial charge in [0.15, 0.2) is 11.6 Å². The van der Waals surface area contributed by atoms with Crippen LogP contribution in [-0.2, 0) is 107 Å². The minimum Gasteiger partial charge on any atom is -0.508 e. The molecular weight excluding hydrogens is 1790 g/mol. The number of phenols is 1. The molecule has 2 fully saturated rings. The molecule has 2 saturated heterocycles. The number of nitrogens with two attached hydrogens (primary N) is 2. The van der Waals surface area contributed by atoms with Crippen LogP contribution in [0.2, 0.25) is 0 Å². The van der Waals surface area contributed by atoms with Gasteiger partial charge in [-0.05, 0) is 114 Å². The van der Waals surface area contributed by atoms with Gasteiger partial charge >= 0.3 is 5.97 Å². The van der Waals surface area contributed by atoms with E-state index in [1.54, 1.807) is 55.8 Å². The number of primary amides is 2. The van der Waals surface area contributed by atoms with E-state index in [9.17, 15) is 63.6 Å². The Morgan fingerprint density at radius 1 is 0.585 bits per heavy atom. The maximum Gasteiger partial charge on any atom is 0.303 e. The van der Waals surface area contributed by atoms with Crippen LogP contribution in [0.3, 0.4) is 0 Å². The molecule has 0 aliphatic carbocycles. The molecule has 0 bridgehead atoms. The number of amides is 15. The lowest BCUT2D eigenvalue weighted by Crippen LogP contribution is -2.61. The molecule has 4 aromatic heterocycles. The topological polar surface area (TPSA) is 632 Å². The number of carbonyl (C=O) groups excluding carboxylic acids is 16. The number of aliphatic hydroxyl groups is 2. The molecule has 3 aliphatic rings. The fourth-order valence-electron chi connectivity index (χ4n) is 16.8. The number of imidazole rings is 1. The number of aromatic amines is 2. The Morgan fingerprint density at radius 2 is 1.19 bits per heavy atom. The van der Waals surface area contributed by atoms with Gasteiger partial charge in [0.25, 0.3) is 0 Å². The number of ketones is 1. The average Bonchev–Trinajstić information content (AvgIpc) is 1.73. The first-order valence-corrected chi connectivity index (χ1v) is 47.1. The molecule has 7 heterocycles. The summed E-state index contributed by atoms with van der Waals surface area (Å²) in [6, 6.07) is -1.80. The summed E-state index contributed by atoms with van der Waals surface area (Å²) in [5.74, 6) is -17.8. The third-order valence-corrected chi connectivity index (χ3v) is 26.1. The molecule has 0 saturated carbocycles. The zero-order chi connectivity index (χ0) is 98.0. The van der Waals surface area contributed by atoms with Crippen LogP contribution in [0, 0.1) is 5.92 Å². The highest BCUT2D eigenvalue weighted by Gasteiger charge is 2.47. The van der Waals surface area contributed by atoms with Crippen molar-refractivity contribution in [3.8, 4) is 5.75 Å². The minimum absolute atomic E-state index is 0.0134. The Labute approximate surface area is 785 Å². The smallest absolute Gasteiger partial charge is 0.303 e. The highest BCUT2D eigenvalue weighted by atomic mass is 32.2. The van der Waals surface area contributed by atoms with Crippen molar-refractivity contribution in [2.24, 2.45) is 17.4 Å². The third kappa shape index (κ3) is 28.2. The Morgan fingerprint density at radius 3 is 1.86 bits per heavy atom. The number of Topliss-reactive ketones (excluding diaryl/α,β-unsaturated/α-hetero) is 1. The molecule has 15 amide bonds. The Balaban J connectivity index is 1.02. The molecule has 3 aliphatic heterocycles.